The van der Waals surface area contributed by atoms with Gasteiger partial charge in [0.15, 0.2) is 0 Å². The molecule has 0 aliphatic heterocycles. The van der Waals surface area contributed by atoms with Crippen LogP contribution in [0.4, 0.5) is 13.2 Å². The van der Waals surface area contributed by atoms with Crippen LogP contribution in [0.3, 0.4) is 0 Å². The summed E-state index contributed by atoms with van der Waals surface area (Å²) in [4.78, 5) is 0. The van der Waals surface area contributed by atoms with E-state index in [-0.39, 0.29) is 12.0 Å². The molecule has 0 heterocycles. The molecule has 0 aromatic heterocycles. The molecule has 0 aliphatic rings. The molecule has 13 heavy (non-hydrogen) atoms. The van der Waals surface area contributed by atoms with E-state index in [2.05, 4.69) is 0 Å². The number of rotatable bonds is 2. The predicted molar refractivity (Wildman–Crippen MR) is 40.7 cm³/mol. The summed E-state index contributed by atoms with van der Waals surface area (Å²) in [5.74, 6) is -0.956. The van der Waals surface area contributed by atoms with Crippen molar-refractivity contribution in [2.45, 2.75) is 12.8 Å². The number of hydrogen-bond acceptors (Lipinski definition) is 1. The Hall–Kier alpha value is -1.50. The Kier molecular flexibility index (Phi) is 2.91. The van der Waals surface area contributed by atoms with E-state index in [1.54, 1.807) is 6.07 Å². The zero-order valence-corrected chi connectivity index (χ0v) is 6.60. The highest BCUT2D eigenvalue weighted by molar-refractivity contribution is 5.31. The molecular formula is C9H6F3N. The molecule has 0 saturated heterocycles. The number of hydrogen-bond donors (Lipinski definition) is 0. The minimum Gasteiger partial charge on any atom is -0.206 e. The quantitative estimate of drug-likeness (QED) is 0.694. The van der Waals surface area contributed by atoms with E-state index in [0.717, 1.165) is 6.07 Å². The van der Waals surface area contributed by atoms with Gasteiger partial charge in [0.2, 0.25) is 0 Å². The zero-order chi connectivity index (χ0) is 9.84. The van der Waals surface area contributed by atoms with E-state index in [0.29, 0.717) is 0 Å². The number of halogens is 3. The van der Waals surface area contributed by atoms with Gasteiger partial charge in [-0.15, -0.1) is 0 Å². The van der Waals surface area contributed by atoms with Crippen LogP contribution in [-0.4, -0.2) is 0 Å². The van der Waals surface area contributed by atoms with Crippen LogP contribution in [0.25, 0.3) is 0 Å². The molecule has 0 saturated carbocycles. The third kappa shape index (κ3) is 2.00. The second kappa shape index (κ2) is 3.94. The minimum atomic E-state index is -2.87. The summed E-state index contributed by atoms with van der Waals surface area (Å²) in [6.07, 6.45) is -3.07. The standard InChI is InChI=1S/C9H6F3N/c10-7-3-1-2-6(4-5-13)8(7)9(11)12/h1-3,9H,4H2. The summed E-state index contributed by atoms with van der Waals surface area (Å²) < 4.78 is 37.4. The van der Waals surface area contributed by atoms with E-state index in [1.807, 2.05) is 0 Å². The van der Waals surface area contributed by atoms with Crippen LogP contribution in [0.5, 0.6) is 0 Å². The van der Waals surface area contributed by atoms with Crippen molar-refractivity contribution < 1.29 is 13.2 Å². The Bertz CT molecular complexity index is 341. The molecule has 68 valence electrons. The van der Waals surface area contributed by atoms with Crippen LogP contribution >= 0.6 is 0 Å². The Labute approximate surface area is 73.4 Å². The fourth-order valence-electron chi connectivity index (χ4n) is 1.07. The van der Waals surface area contributed by atoms with E-state index < -0.39 is 17.8 Å². The van der Waals surface area contributed by atoms with Crippen LogP contribution in [-0.2, 0) is 6.42 Å². The average molecular weight is 185 g/mol. The number of nitrogens with zero attached hydrogens (tertiary/aromatic N) is 1. The van der Waals surface area contributed by atoms with E-state index >= 15 is 0 Å². The Morgan fingerprint density at radius 1 is 1.38 bits per heavy atom. The molecule has 0 bridgehead atoms. The van der Waals surface area contributed by atoms with Crippen molar-refractivity contribution in [3.8, 4) is 6.07 Å². The molecule has 1 nitrogen and oxygen atoms in total. The summed E-state index contributed by atoms with van der Waals surface area (Å²) in [6.45, 7) is 0. The van der Waals surface area contributed by atoms with Crippen LogP contribution in [0.1, 0.15) is 17.6 Å². The first-order chi connectivity index (χ1) is 6.16. The number of alkyl halides is 2. The normalized spacial score (nSPS) is 10.1. The van der Waals surface area contributed by atoms with Crippen molar-refractivity contribution in [1.29, 1.82) is 5.26 Å². The molecule has 1 rings (SSSR count). The fourth-order valence-corrected chi connectivity index (χ4v) is 1.07. The smallest absolute Gasteiger partial charge is 0.206 e. The molecule has 0 amide bonds. The van der Waals surface area contributed by atoms with Crippen LogP contribution in [0, 0.1) is 17.1 Å². The fraction of sp³-hybridized carbons (Fsp3) is 0.222. The molecule has 0 radical (unpaired) electrons. The van der Waals surface area contributed by atoms with Gasteiger partial charge in [-0.1, -0.05) is 12.1 Å². The molecule has 1 aromatic carbocycles. The summed E-state index contributed by atoms with van der Waals surface area (Å²) in [5, 5.41) is 8.30. The Morgan fingerprint density at radius 3 is 2.62 bits per heavy atom. The molecule has 0 spiro atoms. The Morgan fingerprint density at radius 2 is 2.08 bits per heavy atom. The van der Waals surface area contributed by atoms with Crippen molar-refractivity contribution in [3.05, 3.63) is 35.1 Å². The van der Waals surface area contributed by atoms with Crippen molar-refractivity contribution >= 4 is 0 Å². The molecular weight excluding hydrogens is 179 g/mol. The lowest BCUT2D eigenvalue weighted by Crippen LogP contribution is -1.97. The van der Waals surface area contributed by atoms with Crippen LogP contribution in [0.2, 0.25) is 0 Å². The average Bonchev–Trinajstić information content (AvgIpc) is 2.04. The van der Waals surface area contributed by atoms with Crippen molar-refractivity contribution in [2.75, 3.05) is 0 Å². The molecule has 0 fully saturated rings. The first-order valence-corrected chi connectivity index (χ1v) is 3.59. The highest BCUT2D eigenvalue weighted by atomic mass is 19.3. The molecule has 0 N–H and O–H groups in total. The summed E-state index contributed by atoms with van der Waals surface area (Å²) in [5.41, 5.74) is -0.610. The van der Waals surface area contributed by atoms with Gasteiger partial charge >= 0.3 is 0 Å². The van der Waals surface area contributed by atoms with Crippen LogP contribution in [0.15, 0.2) is 18.2 Å². The van der Waals surface area contributed by atoms with E-state index in [1.165, 1.54) is 12.1 Å². The summed E-state index contributed by atoms with van der Waals surface area (Å²) in [7, 11) is 0. The van der Waals surface area contributed by atoms with Gasteiger partial charge in [0, 0.05) is 0 Å². The third-order valence-electron chi connectivity index (χ3n) is 1.63. The Balaban J connectivity index is 3.19. The highest BCUT2D eigenvalue weighted by Crippen LogP contribution is 2.25. The van der Waals surface area contributed by atoms with E-state index in [4.69, 9.17) is 5.26 Å². The second-order valence-corrected chi connectivity index (χ2v) is 2.45. The molecule has 0 unspecified atom stereocenters. The van der Waals surface area contributed by atoms with Gasteiger partial charge in [-0.05, 0) is 11.6 Å². The first-order valence-electron chi connectivity index (χ1n) is 3.59. The molecule has 0 atom stereocenters. The maximum absolute atomic E-state index is 12.8. The van der Waals surface area contributed by atoms with Crippen molar-refractivity contribution in [3.63, 3.8) is 0 Å². The topological polar surface area (TPSA) is 23.8 Å². The molecule has 4 heteroatoms. The minimum absolute atomic E-state index is 0.0532. The van der Waals surface area contributed by atoms with Gasteiger partial charge in [0.1, 0.15) is 5.82 Å². The predicted octanol–water partition coefficient (Wildman–Crippen LogP) is 2.83. The highest BCUT2D eigenvalue weighted by Gasteiger charge is 2.17. The monoisotopic (exact) mass is 185 g/mol. The largest absolute Gasteiger partial charge is 0.266 e. The van der Waals surface area contributed by atoms with Gasteiger partial charge in [0.25, 0.3) is 6.43 Å². The number of nitriles is 1. The van der Waals surface area contributed by atoms with Crippen molar-refractivity contribution in [1.82, 2.24) is 0 Å². The second-order valence-electron chi connectivity index (χ2n) is 2.45. The van der Waals surface area contributed by atoms with Gasteiger partial charge in [-0.2, -0.15) is 5.26 Å². The summed E-state index contributed by atoms with van der Waals surface area (Å²) >= 11 is 0. The van der Waals surface area contributed by atoms with Gasteiger partial charge in [0.05, 0.1) is 18.1 Å². The van der Waals surface area contributed by atoms with Gasteiger partial charge < -0.3 is 0 Å². The number of benzene rings is 1. The lowest BCUT2D eigenvalue weighted by atomic mass is 10.1. The molecule has 0 aliphatic carbocycles. The van der Waals surface area contributed by atoms with Crippen molar-refractivity contribution in [2.24, 2.45) is 0 Å². The maximum atomic E-state index is 12.8. The lowest BCUT2D eigenvalue weighted by molar-refractivity contribution is 0.145. The van der Waals surface area contributed by atoms with Gasteiger partial charge in [-0.3, -0.25) is 0 Å². The maximum Gasteiger partial charge on any atom is 0.266 e. The van der Waals surface area contributed by atoms with Gasteiger partial charge in [-0.25, -0.2) is 13.2 Å². The molecule has 1 aromatic rings. The lowest BCUT2D eigenvalue weighted by Gasteiger charge is -2.05. The SMILES string of the molecule is N#CCc1cccc(F)c1C(F)F. The first kappa shape index (κ1) is 9.59. The third-order valence-corrected chi connectivity index (χ3v) is 1.63. The summed E-state index contributed by atoms with van der Waals surface area (Å²) in [6, 6.07) is 5.31. The zero-order valence-electron chi connectivity index (χ0n) is 6.60. The van der Waals surface area contributed by atoms with Crippen LogP contribution < -0.4 is 0 Å². The van der Waals surface area contributed by atoms with E-state index in [9.17, 15) is 13.2 Å².